The Kier molecular flexibility index (Phi) is 6.27. The average Bonchev–Trinajstić information content (AvgIpc) is 2.47. The molecule has 6 heteroatoms. The summed E-state index contributed by atoms with van der Waals surface area (Å²) >= 11 is 6.76. The first kappa shape index (κ1) is 16.8. The smallest absolute Gasteiger partial charge is 0.255 e. The van der Waals surface area contributed by atoms with Crippen molar-refractivity contribution < 1.29 is 4.74 Å². The second-order valence-electron chi connectivity index (χ2n) is 4.89. The molecule has 0 fully saturated rings. The molecule has 118 valence electrons. The van der Waals surface area contributed by atoms with Gasteiger partial charge in [-0.2, -0.15) is 11.8 Å². The van der Waals surface area contributed by atoms with Crippen molar-refractivity contribution in [3.05, 3.63) is 56.2 Å². The lowest BCUT2D eigenvalue weighted by Gasteiger charge is -2.06. The van der Waals surface area contributed by atoms with Crippen LogP contribution in [0, 0.1) is 11.7 Å². The molecule has 0 aliphatic carbocycles. The molecular formula is C16H20N2O2S2. The molecule has 0 aliphatic rings. The summed E-state index contributed by atoms with van der Waals surface area (Å²) in [6.07, 6.45) is 0.731. The lowest BCUT2D eigenvalue weighted by atomic mass is 10.2. The van der Waals surface area contributed by atoms with Gasteiger partial charge in [0.25, 0.3) is 5.56 Å². The molecule has 1 aromatic carbocycles. The van der Waals surface area contributed by atoms with E-state index in [0.717, 1.165) is 34.9 Å². The van der Waals surface area contributed by atoms with Crippen LogP contribution in [0.1, 0.15) is 23.7 Å². The molecule has 0 atom stereocenters. The number of rotatable bonds is 7. The minimum Gasteiger partial charge on any atom is -0.494 e. The van der Waals surface area contributed by atoms with E-state index in [9.17, 15) is 4.79 Å². The zero-order valence-electron chi connectivity index (χ0n) is 12.8. The topological polar surface area (TPSA) is 57.9 Å². The number of aromatic nitrogens is 2. The summed E-state index contributed by atoms with van der Waals surface area (Å²) < 4.78 is 5.81. The maximum Gasteiger partial charge on any atom is 0.255 e. The second-order valence-corrected chi connectivity index (χ2v) is 6.40. The van der Waals surface area contributed by atoms with Gasteiger partial charge in [-0.05, 0) is 55.9 Å². The summed E-state index contributed by atoms with van der Waals surface area (Å²) in [6.45, 7) is 4.54. The molecule has 0 saturated carbocycles. The van der Waals surface area contributed by atoms with Gasteiger partial charge in [0.1, 0.15) is 5.75 Å². The molecule has 0 saturated heterocycles. The van der Waals surface area contributed by atoms with Crippen molar-refractivity contribution in [1.82, 2.24) is 9.97 Å². The number of ether oxygens (including phenoxy) is 1. The maximum atomic E-state index is 11.9. The van der Waals surface area contributed by atoms with Crippen molar-refractivity contribution >= 4 is 24.0 Å². The number of hydrogen-bond acceptors (Lipinski definition) is 4. The minimum atomic E-state index is -0.0806. The number of aromatic amines is 2. The molecular weight excluding hydrogens is 316 g/mol. The van der Waals surface area contributed by atoms with Crippen LogP contribution < -0.4 is 10.3 Å². The first-order chi connectivity index (χ1) is 10.6. The van der Waals surface area contributed by atoms with Crippen molar-refractivity contribution in [2.75, 3.05) is 12.4 Å². The molecule has 0 amide bonds. The molecule has 0 bridgehead atoms. The Labute approximate surface area is 139 Å². The summed E-state index contributed by atoms with van der Waals surface area (Å²) in [7, 11) is 0. The maximum absolute atomic E-state index is 11.9. The van der Waals surface area contributed by atoms with Crippen LogP contribution in [0.25, 0.3) is 0 Å². The van der Waals surface area contributed by atoms with Crippen molar-refractivity contribution in [2.45, 2.75) is 26.0 Å². The molecule has 0 aliphatic heterocycles. The van der Waals surface area contributed by atoms with Gasteiger partial charge in [0.05, 0.1) is 6.61 Å². The highest BCUT2D eigenvalue weighted by atomic mass is 32.2. The zero-order valence-corrected chi connectivity index (χ0v) is 14.4. The van der Waals surface area contributed by atoms with Crippen LogP contribution in [-0.2, 0) is 12.2 Å². The summed E-state index contributed by atoms with van der Waals surface area (Å²) in [6, 6.07) is 8.14. The minimum absolute atomic E-state index is 0.0806. The van der Waals surface area contributed by atoms with E-state index in [2.05, 4.69) is 22.1 Å². The second kappa shape index (κ2) is 8.19. The zero-order chi connectivity index (χ0) is 15.9. The van der Waals surface area contributed by atoms with Gasteiger partial charge in [0.2, 0.25) is 0 Å². The van der Waals surface area contributed by atoms with E-state index >= 15 is 0 Å². The van der Waals surface area contributed by atoms with Crippen molar-refractivity contribution in [3.8, 4) is 5.75 Å². The van der Waals surface area contributed by atoms with Crippen LogP contribution in [0.2, 0.25) is 0 Å². The molecule has 22 heavy (non-hydrogen) atoms. The molecule has 0 spiro atoms. The quantitative estimate of drug-likeness (QED) is 0.599. The Hall–Kier alpha value is -1.53. The van der Waals surface area contributed by atoms with Crippen LogP contribution >= 0.6 is 24.0 Å². The van der Waals surface area contributed by atoms with Crippen LogP contribution in [0.15, 0.2) is 29.1 Å². The van der Waals surface area contributed by atoms with Crippen molar-refractivity contribution in [1.29, 1.82) is 0 Å². The summed E-state index contributed by atoms with van der Waals surface area (Å²) in [5, 5.41) is 0. The molecule has 0 radical (unpaired) electrons. The Morgan fingerprint density at radius 2 is 1.95 bits per heavy atom. The van der Waals surface area contributed by atoms with Crippen LogP contribution in [-0.4, -0.2) is 22.3 Å². The number of thioether (sulfide) groups is 1. The Balaban J connectivity index is 1.84. The van der Waals surface area contributed by atoms with Gasteiger partial charge in [0.15, 0.2) is 4.77 Å². The van der Waals surface area contributed by atoms with E-state index in [0.29, 0.717) is 11.4 Å². The van der Waals surface area contributed by atoms with Gasteiger partial charge in [-0.3, -0.25) is 9.78 Å². The van der Waals surface area contributed by atoms with Crippen LogP contribution in [0.5, 0.6) is 5.75 Å². The van der Waals surface area contributed by atoms with E-state index in [-0.39, 0.29) is 5.56 Å². The fraction of sp³-hybridized carbons (Fsp3) is 0.375. The number of aryl methyl sites for hydroxylation is 1. The molecule has 1 aromatic heterocycles. The Morgan fingerprint density at radius 3 is 2.59 bits per heavy atom. The van der Waals surface area contributed by atoms with Gasteiger partial charge in [0, 0.05) is 17.0 Å². The van der Waals surface area contributed by atoms with E-state index in [4.69, 9.17) is 17.0 Å². The average molecular weight is 336 g/mol. The lowest BCUT2D eigenvalue weighted by Crippen LogP contribution is -2.17. The lowest BCUT2D eigenvalue weighted by molar-refractivity contribution is 0.340. The first-order valence-corrected chi connectivity index (χ1v) is 8.78. The SMILES string of the molecule is CCOc1ccc(CSCCc2c(C)[nH]c(=S)[nH]c2=O)cc1. The number of nitrogens with one attached hydrogen (secondary N) is 2. The fourth-order valence-corrected chi connectivity index (χ4v) is 3.31. The van der Waals surface area contributed by atoms with Gasteiger partial charge >= 0.3 is 0 Å². The Bertz CT molecular complexity index is 720. The third-order valence-electron chi connectivity index (χ3n) is 3.25. The number of H-pyrrole nitrogens is 2. The molecule has 2 N–H and O–H groups in total. The summed E-state index contributed by atoms with van der Waals surface area (Å²) in [4.78, 5) is 17.5. The summed E-state index contributed by atoms with van der Waals surface area (Å²) in [5.41, 5.74) is 2.82. The van der Waals surface area contributed by atoms with E-state index in [1.165, 1.54) is 5.56 Å². The molecule has 2 aromatic rings. The fourth-order valence-electron chi connectivity index (χ4n) is 2.14. The van der Waals surface area contributed by atoms with Crippen LogP contribution in [0.3, 0.4) is 0 Å². The van der Waals surface area contributed by atoms with Crippen molar-refractivity contribution in [2.24, 2.45) is 0 Å². The van der Waals surface area contributed by atoms with Gasteiger partial charge in [-0.15, -0.1) is 0 Å². The predicted octanol–water partition coefficient (Wildman–Crippen LogP) is 3.62. The van der Waals surface area contributed by atoms with Crippen LogP contribution in [0.4, 0.5) is 0 Å². The number of hydrogen-bond donors (Lipinski definition) is 2. The molecule has 0 unspecified atom stereocenters. The molecule has 2 rings (SSSR count). The number of benzene rings is 1. The predicted molar refractivity (Wildman–Crippen MR) is 94.5 cm³/mol. The van der Waals surface area contributed by atoms with Gasteiger partial charge in [-0.1, -0.05) is 12.1 Å². The highest BCUT2D eigenvalue weighted by Crippen LogP contribution is 2.17. The van der Waals surface area contributed by atoms with Gasteiger partial charge in [-0.25, -0.2) is 0 Å². The third-order valence-corrected chi connectivity index (χ3v) is 4.49. The first-order valence-electron chi connectivity index (χ1n) is 7.21. The Morgan fingerprint density at radius 1 is 1.23 bits per heavy atom. The summed E-state index contributed by atoms with van der Waals surface area (Å²) in [5.74, 6) is 2.71. The highest BCUT2D eigenvalue weighted by Gasteiger charge is 2.05. The monoisotopic (exact) mass is 336 g/mol. The standard InChI is InChI=1S/C16H20N2O2S2/c1-3-20-13-6-4-12(5-7-13)10-22-9-8-14-11(2)17-16(21)18-15(14)19/h4-7H,3,8-10H2,1-2H3,(H2,17,18,19,21). The highest BCUT2D eigenvalue weighted by molar-refractivity contribution is 7.98. The van der Waals surface area contributed by atoms with Gasteiger partial charge < -0.3 is 9.72 Å². The van der Waals surface area contributed by atoms with E-state index in [1.807, 2.05) is 37.7 Å². The third kappa shape index (κ3) is 4.74. The normalized spacial score (nSPS) is 10.6. The van der Waals surface area contributed by atoms with Crippen molar-refractivity contribution in [3.63, 3.8) is 0 Å². The molecule has 1 heterocycles. The molecule has 4 nitrogen and oxygen atoms in total. The van der Waals surface area contributed by atoms with E-state index in [1.54, 1.807) is 0 Å². The van der Waals surface area contributed by atoms with E-state index < -0.39 is 0 Å². The largest absolute Gasteiger partial charge is 0.494 e.